The highest BCUT2D eigenvalue weighted by Crippen LogP contribution is 2.38. The van der Waals surface area contributed by atoms with Crippen LogP contribution in [-0.2, 0) is 32.7 Å². The molecule has 0 aromatic carbocycles. The van der Waals surface area contributed by atoms with Crippen molar-refractivity contribution in [3.63, 3.8) is 0 Å². The Morgan fingerprint density at radius 1 is 0.635 bits per heavy atom. The smallest absolute Gasteiger partial charge is 0.331 e. The molecular weight excluding hydrogens is 677 g/mol. The Morgan fingerprint density at radius 2 is 1.12 bits per heavy atom. The molecule has 9 nitrogen and oxygen atoms in total. The Bertz CT molecular complexity index is 1030. The van der Waals surface area contributed by atoms with E-state index in [1.165, 1.54) is 121 Å². The summed E-state index contributed by atoms with van der Waals surface area (Å²) in [5.74, 6) is -1.13. The van der Waals surface area contributed by atoms with Crippen LogP contribution in [0.4, 0.5) is 0 Å². The van der Waals surface area contributed by atoms with Crippen LogP contribution in [0.25, 0.3) is 0 Å². The number of likely N-dealkylation sites (N-methyl/N-ethyl adjacent to an activating group) is 1. The first-order valence-corrected chi connectivity index (χ1v) is 21.9. The van der Waals surface area contributed by atoms with E-state index in [1.54, 1.807) is 12.2 Å². The van der Waals surface area contributed by atoms with Gasteiger partial charge in [-0.2, -0.15) is 0 Å². The molecule has 0 heterocycles. The van der Waals surface area contributed by atoms with Crippen molar-refractivity contribution in [3.05, 3.63) is 48.6 Å². The number of esters is 2. The van der Waals surface area contributed by atoms with E-state index >= 15 is 0 Å². The molecule has 0 saturated carbocycles. The molecule has 2 atom stereocenters. The van der Waals surface area contributed by atoms with Crippen molar-refractivity contribution in [2.75, 3.05) is 47.5 Å². The van der Waals surface area contributed by atoms with E-state index in [0.29, 0.717) is 17.4 Å². The van der Waals surface area contributed by atoms with E-state index < -0.39 is 32.5 Å². The Labute approximate surface area is 318 Å². The summed E-state index contributed by atoms with van der Waals surface area (Å²) in [7, 11) is 1.08. The van der Waals surface area contributed by atoms with Crippen molar-refractivity contribution in [3.8, 4) is 0 Å². The molecule has 1 unspecified atom stereocenters. The maximum Gasteiger partial charge on any atom is 0.331 e. The second kappa shape index (κ2) is 34.7. The Hall–Kier alpha value is -2.03. The highest BCUT2D eigenvalue weighted by Gasteiger charge is 2.21. The molecule has 0 saturated heterocycles. The topological polar surface area (TPSA) is 111 Å². The number of hydrogen-bond donors (Lipinski definition) is 0. The zero-order valence-corrected chi connectivity index (χ0v) is 34.6. The van der Waals surface area contributed by atoms with Gasteiger partial charge in [0.1, 0.15) is 19.8 Å². The van der Waals surface area contributed by atoms with Crippen molar-refractivity contribution in [1.29, 1.82) is 0 Å². The molecular formula is C42H76NO8P. The van der Waals surface area contributed by atoms with Crippen LogP contribution in [0.2, 0.25) is 0 Å². The second-order valence-corrected chi connectivity index (χ2v) is 16.2. The molecule has 52 heavy (non-hydrogen) atoms. The van der Waals surface area contributed by atoms with Gasteiger partial charge in [-0.25, -0.2) is 4.79 Å². The first kappa shape index (κ1) is 50.0. The minimum absolute atomic E-state index is 0.0542. The number of phosphoric acid groups is 1. The van der Waals surface area contributed by atoms with Crippen molar-refractivity contribution in [2.24, 2.45) is 0 Å². The molecule has 0 bridgehead atoms. The van der Waals surface area contributed by atoms with Crippen molar-refractivity contribution >= 4 is 19.8 Å². The van der Waals surface area contributed by atoms with E-state index in [-0.39, 0.29) is 19.6 Å². The third-order valence-electron chi connectivity index (χ3n) is 8.53. The predicted octanol–water partition coefficient (Wildman–Crippen LogP) is 10.5. The van der Waals surface area contributed by atoms with Gasteiger partial charge in [-0.1, -0.05) is 172 Å². The summed E-state index contributed by atoms with van der Waals surface area (Å²) in [6.45, 7) is 4.03. The molecule has 302 valence electrons. The van der Waals surface area contributed by atoms with Gasteiger partial charge in [0.05, 0.1) is 27.7 Å². The maximum atomic E-state index is 12.5. The fraction of sp³-hybridized carbons (Fsp3) is 0.762. The second-order valence-electron chi connectivity index (χ2n) is 14.8. The van der Waals surface area contributed by atoms with Gasteiger partial charge >= 0.3 is 11.9 Å². The van der Waals surface area contributed by atoms with E-state index in [2.05, 4.69) is 19.9 Å². The van der Waals surface area contributed by atoms with Gasteiger partial charge in [-0.3, -0.25) is 9.36 Å². The predicted molar refractivity (Wildman–Crippen MR) is 213 cm³/mol. The monoisotopic (exact) mass is 754 g/mol. The standard InChI is InChI=1S/C42H76NO8P/c1-6-8-10-12-14-16-18-20-21-23-25-27-29-31-33-35-42(45)51-40(39-50-52(46,47)49-37-36-43(3,4)5)38-48-41(44)34-32-30-28-26-24-22-19-17-15-13-11-9-7-2/h21,23,25,27,29,31,33,35,40H,6-20,22,24,26,28,30,32,34,36-39H2,1-5H3/b23-21+,27-25+,31-29?,35-33?/t40-/m1/s1. The summed E-state index contributed by atoms with van der Waals surface area (Å²) in [4.78, 5) is 37.2. The van der Waals surface area contributed by atoms with E-state index in [1.807, 2.05) is 39.4 Å². The van der Waals surface area contributed by atoms with Gasteiger partial charge in [0.25, 0.3) is 7.82 Å². The number of unbranched alkanes of at least 4 members (excludes halogenated alkanes) is 19. The Balaban J connectivity index is 4.61. The van der Waals surface area contributed by atoms with E-state index in [9.17, 15) is 19.0 Å². The van der Waals surface area contributed by atoms with Gasteiger partial charge in [-0.05, 0) is 19.3 Å². The van der Waals surface area contributed by atoms with E-state index in [0.717, 1.165) is 19.3 Å². The molecule has 0 aliphatic carbocycles. The van der Waals surface area contributed by atoms with Gasteiger partial charge in [0, 0.05) is 12.5 Å². The molecule has 0 aromatic rings. The van der Waals surface area contributed by atoms with Gasteiger partial charge in [0.2, 0.25) is 0 Å². The fourth-order valence-corrected chi connectivity index (χ4v) is 6.02. The average Bonchev–Trinajstić information content (AvgIpc) is 3.09. The molecule has 10 heteroatoms. The average molecular weight is 754 g/mol. The normalized spacial score (nSPS) is 14.2. The largest absolute Gasteiger partial charge is 0.756 e. The Kier molecular flexibility index (Phi) is 33.4. The SMILES string of the molecule is CCCCCCCCC/C=C/C=C/C=CC=CC(=O)O[C@H](COC(=O)CCCCCCCCCCCCCCC)COP(=O)([O-])OCC[N+](C)(C)C. The summed E-state index contributed by atoms with van der Waals surface area (Å²) < 4.78 is 33.5. The zero-order valence-electron chi connectivity index (χ0n) is 33.7. The van der Waals surface area contributed by atoms with Gasteiger partial charge < -0.3 is 27.9 Å². The van der Waals surface area contributed by atoms with Gasteiger partial charge in [-0.15, -0.1) is 0 Å². The lowest BCUT2D eigenvalue weighted by Gasteiger charge is -2.28. The number of allylic oxidation sites excluding steroid dienone is 7. The van der Waals surface area contributed by atoms with Crippen molar-refractivity contribution < 1.29 is 42.1 Å². The number of hydrogen-bond acceptors (Lipinski definition) is 8. The first-order valence-electron chi connectivity index (χ1n) is 20.4. The zero-order chi connectivity index (χ0) is 38.6. The molecule has 0 N–H and O–H groups in total. The maximum absolute atomic E-state index is 12.5. The third kappa shape index (κ3) is 37.7. The van der Waals surface area contributed by atoms with Crippen LogP contribution in [0, 0.1) is 0 Å². The third-order valence-corrected chi connectivity index (χ3v) is 9.49. The molecule has 0 aliphatic rings. The lowest BCUT2D eigenvalue weighted by molar-refractivity contribution is -0.870. The summed E-state index contributed by atoms with van der Waals surface area (Å²) in [6, 6.07) is 0. The number of carbonyl (C=O) groups excluding carboxylic acids is 2. The molecule has 0 spiro atoms. The number of nitrogens with zero attached hydrogens (tertiary/aromatic N) is 1. The lowest BCUT2D eigenvalue weighted by atomic mass is 10.0. The highest BCUT2D eigenvalue weighted by molar-refractivity contribution is 7.45. The molecule has 0 rings (SSSR count). The van der Waals surface area contributed by atoms with Crippen LogP contribution in [0.5, 0.6) is 0 Å². The summed E-state index contributed by atoms with van der Waals surface area (Å²) in [5, 5.41) is 0. The van der Waals surface area contributed by atoms with E-state index in [4.69, 9.17) is 18.5 Å². The molecule has 0 aromatic heterocycles. The summed E-state index contributed by atoms with van der Waals surface area (Å²) in [6.07, 6.45) is 39.2. The van der Waals surface area contributed by atoms with Crippen molar-refractivity contribution in [1.82, 2.24) is 0 Å². The van der Waals surface area contributed by atoms with Crippen LogP contribution in [0.3, 0.4) is 0 Å². The van der Waals surface area contributed by atoms with Crippen LogP contribution >= 0.6 is 7.82 Å². The molecule has 0 fully saturated rings. The molecule has 0 amide bonds. The van der Waals surface area contributed by atoms with Crippen LogP contribution in [0.1, 0.15) is 155 Å². The minimum atomic E-state index is -4.65. The van der Waals surface area contributed by atoms with Crippen LogP contribution in [0.15, 0.2) is 48.6 Å². The molecule has 0 aliphatic heterocycles. The van der Waals surface area contributed by atoms with Gasteiger partial charge in [0.15, 0.2) is 6.10 Å². The number of rotatable bonds is 36. The lowest BCUT2D eigenvalue weighted by Crippen LogP contribution is -2.37. The first-order chi connectivity index (χ1) is 25.0. The number of phosphoric ester groups is 1. The highest BCUT2D eigenvalue weighted by atomic mass is 31.2. The number of ether oxygens (including phenoxy) is 2. The van der Waals surface area contributed by atoms with Crippen LogP contribution < -0.4 is 4.89 Å². The fourth-order valence-electron chi connectivity index (χ4n) is 5.29. The van der Waals surface area contributed by atoms with Crippen LogP contribution in [-0.4, -0.2) is 70.0 Å². The molecule has 0 radical (unpaired) electrons. The Morgan fingerprint density at radius 3 is 1.65 bits per heavy atom. The number of carbonyl (C=O) groups is 2. The summed E-state index contributed by atoms with van der Waals surface area (Å²) >= 11 is 0. The minimum Gasteiger partial charge on any atom is -0.756 e. The quantitative estimate of drug-likeness (QED) is 0.0155. The summed E-state index contributed by atoms with van der Waals surface area (Å²) in [5.41, 5.74) is 0. The van der Waals surface area contributed by atoms with Crippen molar-refractivity contribution in [2.45, 2.75) is 161 Å². The number of quaternary nitrogens is 1.